The number of fused-ring (bicyclic) bond motifs is 2. The zero-order valence-corrected chi connectivity index (χ0v) is 10.7. The van der Waals surface area contributed by atoms with Gasteiger partial charge in [0.15, 0.2) is 0 Å². The Morgan fingerprint density at radius 1 is 1.33 bits per heavy atom. The van der Waals surface area contributed by atoms with Gasteiger partial charge in [-0.15, -0.1) is 0 Å². The molecule has 0 saturated heterocycles. The maximum absolute atomic E-state index is 13.6. The van der Waals surface area contributed by atoms with Crippen LogP contribution in [0.5, 0.6) is 0 Å². The predicted molar refractivity (Wildman–Crippen MR) is 68.1 cm³/mol. The van der Waals surface area contributed by atoms with E-state index in [9.17, 15) is 9.18 Å². The van der Waals surface area contributed by atoms with Crippen molar-refractivity contribution in [3.63, 3.8) is 0 Å². The Morgan fingerprint density at radius 3 is 2.83 bits per heavy atom. The van der Waals surface area contributed by atoms with Gasteiger partial charge in [0, 0.05) is 11.1 Å². The zero-order valence-electron chi connectivity index (χ0n) is 9.96. The minimum Gasteiger partial charge on any atom is -0.349 e. The molecule has 1 amide bonds. The van der Waals surface area contributed by atoms with Gasteiger partial charge in [-0.3, -0.25) is 4.79 Å². The van der Waals surface area contributed by atoms with Crippen molar-refractivity contribution >= 4 is 17.5 Å². The third-order valence-electron chi connectivity index (χ3n) is 4.23. The Bertz CT molecular complexity index is 491. The molecule has 3 atom stereocenters. The molecule has 2 saturated carbocycles. The van der Waals surface area contributed by atoms with E-state index in [4.69, 9.17) is 11.6 Å². The summed E-state index contributed by atoms with van der Waals surface area (Å²) in [4.78, 5) is 12.0. The summed E-state index contributed by atoms with van der Waals surface area (Å²) in [5.74, 6) is 0.485. The second-order valence-electron chi connectivity index (χ2n) is 5.38. The number of amides is 1. The molecule has 96 valence electrons. The van der Waals surface area contributed by atoms with E-state index in [-0.39, 0.29) is 17.5 Å². The van der Waals surface area contributed by atoms with Crippen molar-refractivity contribution in [2.24, 2.45) is 11.8 Å². The van der Waals surface area contributed by atoms with E-state index in [1.165, 1.54) is 37.5 Å². The Labute approximate surface area is 111 Å². The zero-order chi connectivity index (χ0) is 12.7. The van der Waals surface area contributed by atoms with E-state index in [1.54, 1.807) is 0 Å². The lowest BCUT2D eigenvalue weighted by molar-refractivity contribution is 0.0919. The average Bonchev–Trinajstić information content (AvgIpc) is 2.94. The van der Waals surface area contributed by atoms with Crippen LogP contribution in [0.3, 0.4) is 0 Å². The van der Waals surface area contributed by atoms with Gasteiger partial charge in [-0.1, -0.05) is 18.0 Å². The number of hydrogen-bond donors (Lipinski definition) is 1. The molecule has 1 aromatic carbocycles. The molecule has 0 aromatic heterocycles. The Morgan fingerprint density at radius 2 is 2.17 bits per heavy atom. The van der Waals surface area contributed by atoms with Crippen LogP contribution in [0.15, 0.2) is 18.2 Å². The van der Waals surface area contributed by atoms with Crippen molar-refractivity contribution in [1.29, 1.82) is 0 Å². The van der Waals surface area contributed by atoms with Crippen molar-refractivity contribution < 1.29 is 9.18 Å². The second-order valence-corrected chi connectivity index (χ2v) is 5.82. The lowest BCUT2D eigenvalue weighted by Crippen LogP contribution is -2.38. The number of halogens is 2. The largest absolute Gasteiger partial charge is 0.349 e. The number of benzene rings is 1. The highest BCUT2D eigenvalue weighted by Gasteiger charge is 2.40. The molecule has 2 fully saturated rings. The molecule has 0 radical (unpaired) electrons. The van der Waals surface area contributed by atoms with Crippen LogP contribution in [0, 0.1) is 17.7 Å². The van der Waals surface area contributed by atoms with Crippen LogP contribution in [0.2, 0.25) is 5.02 Å². The van der Waals surface area contributed by atoms with Crippen molar-refractivity contribution in [3.8, 4) is 0 Å². The summed E-state index contributed by atoms with van der Waals surface area (Å²) in [5, 5.41) is 3.34. The van der Waals surface area contributed by atoms with Crippen molar-refractivity contribution in [1.82, 2.24) is 5.32 Å². The number of carbonyl (C=O) groups is 1. The van der Waals surface area contributed by atoms with E-state index >= 15 is 0 Å². The van der Waals surface area contributed by atoms with Gasteiger partial charge in [0.1, 0.15) is 5.82 Å². The molecular weight excluding hydrogens is 253 g/mol. The van der Waals surface area contributed by atoms with E-state index in [1.807, 2.05) is 0 Å². The van der Waals surface area contributed by atoms with Crippen LogP contribution in [0.1, 0.15) is 36.0 Å². The fourth-order valence-electron chi connectivity index (χ4n) is 3.34. The van der Waals surface area contributed by atoms with E-state index in [0.717, 1.165) is 12.3 Å². The predicted octanol–water partition coefficient (Wildman–Crippen LogP) is 3.40. The monoisotopic (exact) mass is 267 g/mol. The molecular formula is C14H15ClFNO. The first-order chi connectivity index (χ1) is 8.63. The fraction of sp³-hybridized carbons (Fsp3) is 0.500. The number of nitrogens with one attached hydrogen (secondary N) is 1. The highest BCUT2D eigenvalue weighted by Crippen LogP contribution is 2.44. The van der Waals surface area contributed by atoms with Gasteiger partial charge in [-0.05, 0) is 49.3 Å². The molecule has 3 unspecified atom stereocenters. The first kappa shape index (κ1) is 12.0. The minimum absolute atomic E-state index is 0.0465. The van der Waals surface area contributed by atoms with E-state index in [0.29, 0.717) is 10.9 Å². The smallest absolute Gasteiger partial charge is 0.254 e. The molecule has 18 heavy (non-hydrogen) atoms. The van der Waals surface area contributed by atoms with E-state index < -0.39 is 5.82 Å². The maximum atomic E-state index is 13.6. The van der Waals surface area contributed by atoms with Gasteiger partial charge in [0.2, 0.25) is 0 Å². The normalized spacial score (nSPS) is 29.6. The van der Waals surface area contributed by atoms with Gasteiger partial charge in [0.25, 0.3) is 5.91 Å². The molecule has 2 nitrogen and oxygen atoms in total. The quantitative estimate of drug-likeness (QED) is 0.874. The summed E-state index contributed by atoms with van der Waals surface area (Å²) in [6, 6.07) is 4.29. The van der Waals surface area contributed by atoms with Crippen LogP contribution in [-0.4, -0.2) is 11.9 Å². The summed E-state index contributed by atoms with van der Waals surface area (Å²) in [7, 11) is 0. The van der Waals surface area contributed by atoms with Crippen LogP contribution in [-0.2, 0) is 0 Å². The minimum atomic E-state index is -0.514. The molecule has 3 rings (SSSR count). The maximum Gasteiger partial charge on any atom is 0.254 e. The topological polar surface area (TPSA) is 29.1 Å². The molecule has 0 aliphatic heterocycles. The van der Waals surface area contributed by atoms with Gasteiger partial charge >= 0.3 is 0 Å². The van der Waals surface area contributed by atoms with Crippen LogP contribution in [0.25, 0.3) is 0 Å². The van der Waals surface area contributed by atoms with Crippen molar-refractivity contribution in [3.05, 3.63) is 34.6 Å². The summed E-state index contributed by atoms with van der Waals surface area (Å²) in [6.45, 7) is 0. The van der Waals surface area contributed by atoms with Crippen molar-refractivity contribution in [2.75, 3.05) is 0 Å². The van der Waals surface area contributed by atoms with Crippen LogP contribution in [0.4, 0.5) is 4.39 Å². The molecule has 4 heteroatoms. The third-order valence-corrected chi connectivity index (χ3v) is 4.46. The number of rotatable bonds is 2. The Kier molecular flexibility index (Phi) is 3.02. The standard InChI is InChI=1S/C14H15ClFNO/c15-10-3-4-12(16)11(7-10)14(18)17-13-6-8-1-2-9(13)5-8/h3-4,7-9,13H,1-2,5-6H2,(H,17,18). The SMILES string of the molecule is O=C(NC1CC2CCC1C2)c1cc(Cl)ccc1F. The van der Waals surface area contributed by atoms with Crippen LogP contribution < -0.4 is 5.32 Å². The molecule has 0 heterocycles. The third kappa shape index (κ3) is 2.12. The van der Waals surface area contributed by atoms with E-state index in [2.05, 4.69) is 5.32 Å². The number of carbonyl (C=O) groups excluding carboxylic acids is 1. The summed E-state index contributed by atoms with van der Waals surface area (Å²) in [5.41, 5.74) is 0.0465. The molecule has 1 N–H and O–H groups in total. The Balaban J connectivity index is 1.73. The first-order valence-electron chi connectivity index (χ1n) is 6.39. The Hall–Kier alpha value is -1.09. The second kappa shape index (κ2) is 4.54. The van der Waals surface area contributed by atoms with Gasteiger partial charge in [0.05, 0.1) is 5.56 Å². The van der Waals surface area contributed by atoms with Crippen LogP contribution >= 0.6 is 11.6 Å². The molecule has 2 bridgehead atoms. The molecule has 1 aromatic rings. The highest BCUT2D eigenvalue weighted by atomic mass is 35.5. The number of hydrogen-bond acceptors (Lipinski definition) is 1. The highest BCUT2D eigenvalue weighted by molar-refractivity contribution is 6.31. The summed E-state index contributed by atoms with van der Waals surface area (Å²) < 4.78 is 13.6. The molecule has 2 aliphatic carbocycles. The summed E-state index contributed by atoms with van der Waals surface area (Å²) in [6.07, 6.45) is 4.72. The lowest BCUT2D eigenvalue weighted by atomic mass is 9.95. The molecule has 0 spiro atoms. The lowest BCUT2D eigenvalue weighted by Gasteiger charge is -2.23. The van der Waals surface area contributed by atoms with Crippen molar-refractivity contribution in [2.45, 2.75) is 31.7 Å². The van der Waals surface area contributed by atoms with Gasteiger partial charge < -0.3 is 5.32 Å². The first-order valence-corrected chi connectivity index (χ1v) is 6.77. The summed E-state index contributed by atoms with van der Waals surface area (Å²) >= 11 is 5.79. The van der Waals surface area contributed by atoms with Gasteiger partial charge in [-0.25, -0.2) is 4.39 Å². The van der Waals surface area contributed by atoms with Gasteiger partial charge in [-0.2, -0.15) is 0 Å². The fourth-order valence-corrected chi connectivity index (χ4v) is 3.51. The average molecular weight is 268 g/mol. The molecule has 2 aliphatic rings.